The molecule has 2 rings (SSSR count). The second kappa shape index (κ2) is 6.82. The van der Waals surface area contributed by atoms with Gasteiger partial charge in [-0.3, -0.25) is 4.79 Å². The first-order chi connectivity index (χ1) is 9.15. The molecule has 0 aliphatic carbocycles. The van der Waals surface area contributed by atoms with Gasteiger partial charge >= 0.3 is 0 Å². The van der Waals surface area contributed by atoms with Crippen molar-refractivity contribution in [1.29, 1.82) is 0 Å². The van der Waals surface area contributed by atoms with E-state index in [4.69, 9.17) is 0 Å². The lowest BCUT2D eigenvalue weighted by atomic mass is 10.2. The second-order valence-corrected chi connectivity index (χ2v) is 6.61. The number of hydrogen-bond donors (Lipinski definition) is 1. The molecule has 102 valence electrons. The van der Waals surface area contributed by atoms with Gasteiger partial charge < -0.3 is 5.32 Å². The smallest absolute Gasteiger partial charge is 0.226 e. The quantitative estimate of drug-likeness (QED) is 0.888. The van der Waals surface area contributed by atoms with Crippen LogP contribution in [-0.4, -0.2) is 17.4 Å². The molecule has 19 heavy (non-hydrogen) atoms. The normalized spacial score (nSPS) is 10.9. The number of amides is 1. The van der Waals surface area contributed by atoms with Crippen LogP contribution >= 0.6 is 22.7 Å². The standard InChI is InChI=1S/C14H18N2OS2/c1-10(2)14-16-11(9-19-14)8-13(17)15-6-5-12-4-3-7-18-12/h3-4,7,9-10H,5-6,8H2,1-2H3,(H,15,17). The maximum Gasteiger partial charge on any atom is 0.226 e. The summed E-state index contributed by atoms with van der Waals surface area (Å²) in [6.07, 6.45) is 1.28. The van der Waals surface area contributed by atoms with Crippen LogP contribution < -0.4 is 5.32 Å². The Labute approximate surface area is 121 Å². The topological polar surface area (TPSA) is 42.0 Å². The number of nitrogens with zero attached hydrogens (tertiary/aromatic N) is 1. The van der Waals surface area contributed by atoms with E-state index < -0.39 is 0 Å². The van der Waals surface area contributed by atoms with Crippen LogP contribution in [0.15, 0.2) is 22.9 Å². The molecular formula is C14H18N2OS2. The average molecular weight is 294 g/mol. The summed E-state index contributed by atoms with van der Waals surface area (Å²) in [7, 11) is 0. The van der Waals surface area contributed by atoms with Gasteiger partial charge in [-0.2, -0.15) is 0 Å². The summed E-state index contributed by atoms with van der Waals surface area (Å²) in [5, 5.41) is 8.07. The highest BCUT2D eigenvalue weighted by atomic mass is 32.1. The van der Waals surface area contributed by atoms with Gasteiger partial charge in [-0.25, -0.2) is 4.98 Å². The summed E-state index contributed by atoms with van der Waals surface area (Å²) in [6, 6.07) is 4.12. The van der Waals surface area contributed by atoms with Crippen LogP contribution in [-0.2, 0) is 17.6 Å². The first-order valence-corrected chi connectivity index (χ1v) is 8.14. The third-order valence-electron chi connectivity index (χ3n) is 2.68. The first kappa shape index (κ1) is 14.2. The highest BCUT2D eigenvalue weighted by Crippen LogP contribution is 2.19. The lowest BCUT2D eigenvalue weighted by molar-refractivity contribution is -0.120. The molecule has 0 aliphatic rings. The van der Waals surface area contributed by atoms with E-state index in [1.807, 2.05) is 11.4 Å². The van der Waals surface area contributed by atoms with Crippen molar-refractivity contribution < 1.29 is 4.79 Å². The van der Waals surface area contributed by atoms with Gasteiger partial charge in [0.1, 0.15) is 0 Å². The van der Waals surface area contributed by atoms with Crippen LogP contribution in [0.2, 0.25) is 0 Å². The Bertz CT molecular complexity index is 517. The van der Waals surface area contributed by atoms with E-state index in [2.05, 4.69) is 35.6 Å². The van der Waals surface area contributed by atoms with Crippen LogP contribution in [0.1, 0.15) is 35.3 Å². The lowest BCUT2D eigenvalue weighted by Gasteiger charge is -2.02. The van der Waals surface area contributed by atoms with Crippen molar-refractivity contribution in [2.45, 2.75) is 32.6 Å². The number of nitrogens with one attached hydrogen (secondary N) is 1. The van der Waals surface area contributed by atoms with Crippen molar-refractivity contribution in [3.05, 3.63) is 38.5 Å². The Morgan fingerprint density at radius 3 is 2.89 bits per heavy atom. The Morgan fingerprint density at radius 2 is 2.26 bits per heavy atom. The van der Waals surface area contributed by atoms with Crippen molar-refractivity contribution in [3.63, 3.8) is 0 Å². The monoisotopic (exact) mass is 294 g/mol. The minimum Gasteiger partial charge on any atom is -0.355 e. The Kier molecular flexibility index (Phi) is 5.10. The number of aromatic nitrogens is 1. The van der Waals surface area contributed by atoms with E-state index in [1.54, 1.807) is 22.7 Å². The molecule has 0 saturated carbocycles. The summed E-state index contributed by atoms with van der Waals surface area (Å²) >= 11 is 3.36. The number of carbonyl (C=O) groups is 1. The highest BCUT2D eigenvalue weighted by Gasteiger charge is 2.09. The fourth-order valence-electron chi connectivity index (χ4n) is 1.68. The molecule has 1 N–H and O–H groups in total. The molecule has 5 heteroatoms. The first-order valence-electron chi connectivity index (χ1n) is 6.38. The van der Waals surface area contributed by atoms with E-state index >= 15 is 0 Å². The van der Waals surface area contributed by atoms with Gasteiger partial charge in [0.15, 0.2) is 0 Å². The van der Waals surface area contributed by atoms with Gasteiger partial charge in [0.25, 0.3) is 0 Å². The van der Waals surface area contributed by atoms with Crippen molar-refractivity contribution in [2.75, 3.05) is 6.54 Å². The maximum atomic E-state index is 11.8. The van der Waals surface area contributed by atoms with E-state index in [1.165, 1.54) is 4.88 Å². The zero-order valence-electron chi connectivity index (χ0n) is 11.2. The summed E-state index contributed by atoms with van der Waals surface area (Å²) < 4.78 is 0. The Balaban J connectivity index is 1.74. The van der Waals surface area contributed by atoms with Crippen LogP contribution in [0.4, 0.5) is 0 Å². The summed E-state index contributed by atoms with van der Waals surface area (Å²) in [6.45, 7) is 4.92. The average Bonchev–Trinajstić information content (AvgIpc) is 3.00. The third kappa shape index (κ3) is 4.44. The van der Waals surface area contributed by atoms with Crippen molar-refractivity contribution in [1.82, 2.24) is 10.3 Å². The molecule has 0 fully saturated rings. The van der Waals surface area contributed by atoms with E-state index in [-0.39, 0.29) is 5.91 Å². The predicted molar refractivity (Wildman–Crippen MR) is 80.9 cm³/mol. The van der Waals surface area contributed by atoms with Gasteiger partial charge in [0, 0.05) is 22.7 Å². The Hall–Kier alpha value is -1.20. The predicted octanol–water partition coefficient (Wildman–Crippen LogP) is 3.23. The Morgan fingerprint density at radius 1 is 1.42 bits per heavy atom. The molecule has 0 bridgehead atoms. The maximum absolute atomic E-state index is 11.8. The molecule has 3 nitrogen and oxygen atoms in total. The zero-order chi connectivity index (χ0) is 13.7. The SMILES string of the molecule is CC(C)c1nc(CC(=O)NCCc2cccs2)cs1. The molecular weight excluding hydrogens is 276 g/mol. The van der Waals surface area contributed by atoms with Crippen molar-refractivity contribution >= 4 is 28.6 Å². The van der Waals surface area contributed by atoms with Crippen LogP contribution in [0.5, 0.6) is 0 Å². The van der Waals surface area contributed by atoms with Crippen molar-refractivity contribution in [2.24, 2.45) is 0 Å². The molecule has 2 aromatic heterocycles. The molecule has 0 aromatic carbocycles. The number of carbonyl (C=O) groups excluding carboxylic acids is 1. The van der Waals surface area contributed by atoms with Gasteiger partial charge in [0.05, 0.1) is 17.1 Å². The van der Waals surface area contributed by atoms with Gasteiger partial charge in [-0.05, 0) is 17.9 Å². The molecule has 1 amide bonds. The van der Waals surface area contributed by atoms with Crippen LogP contribution in [0, 0.1) is 0 Å². The van der Waals surface area contributed by atoms with E-state index in [0.29, 0.717) is 18.9 Å². The van der Waals surface area contributed by atoms with Crippen LogP contribution in [0.3, 0.4) is 0 Å². The summed E-state index contributed by atoms with van der Waals surface area (Å²) in [5.74, 6) is 0.484. The third-order valence-corrected chi connectivity index (χ3v) is 4.81. The summed E-state index contributed by atoms with van der Waals surface area (Å²) in [4.78, 5) is 17.5. The van der Waals surface area contributed by atoms with Crippen molar-refractivity contribution in [3.8, 4) is 0 Å². The highest BCUT2D eigenvalue weighted by molar-refractivity contribution is 7.10. The fraction of sp³-hybridized carbons (Fsp3) is 0.429. The van der Waals surface area contributed by atoms with E-state index in [9.17, 15) is 4.79 Å². The number of hydrogen-bond acceptors (Lipinski definition) is 4. The summed E-state index contributed by atoms with van der Waals surface area (Å²) in [5.41, 5.74) is 0.877. The molecule has 0 unspecified atom stereocenters. The van der Waals surface area contributed by atoms with E-state index in [0.717, 1.165) is 17.1 Å². The van der Waals surface area contributed by atoms with Crippen LogP contribution in [0.25, 0.3) is 0 Å². The number of thiazole rings is 1. The lowest BCUT2D eigenvalue weighted by Crippen LogP contribution is -2.27. The number of thiophene rings is 1. The molecule has 2 heterocycles. The minimum atomic E-state index is 0.0529. The van der Waals surface area contributed by atoms with Gasteiger partial charge in [-0.1, -0.05) is 19.9 Å². The molecule has 0 atom stereocenters. The molecule has 0 spiro atoms. The largest absolute Gasteiger partial charge is 0.355 e. The second-order valence-electron chi connectivity index (χ2n) is 4.69. The molecule has 0 saturated heterocycles. The minimum absolute atomic E-state index is 0.0529. The molecule has 2 aromatic rings. The fourth-order valence-corrected chi connectivity index (χ4v) is 3.22. The molecule has 0 radical (unpaired) electrons. The van der Waals surface area contributed by atoms with Gasteiger partial charge in [0.2, 0.25) is 5.91 Å². The van der Waals surface area contributed by atoms with Gasteiger partial charge in [-0.15, -0.1) is 22.7 Å². The molecule has 0 aliphatic heterocycles. The number of rotatable bonds is 6. The zero-order valence-corrected chi connectivity index (χ0v) is 12.8.